The molecule has 2 aromatic rings. The normalized spacial score (nSPS) is 10.3. The molecule has 1 aromatic carbocycles. The van der Waals surface area contributed by atoms with Gasteiger partial charge in [-0.05, 0) is 24.1 Å². The molecule has 7 heteroatoms. The van der Waals surface area contributed by atoms with Crippen molar-refractivity contribution < 1.29 is 13.9 Å². The molecule has 5 nitrogen and oxygen atoms in total. The standard InChI is InChI=1S/C13H14F2N4O/c14-10-7-11(15)13(19-16)18-12(10)17-6-5-8-1-3-9(20)4-2-8/h1-4,7,20H,5-6,16H2,(H2,17,18,19). The van der Waals surface area contributed by atoms with Crippen molar-refractivity contribution in [2.75, 3.05) is 17.3 Å². The van der Waals surface area contributed by atoms with E-state index in [0.717, 1.165) is 5.56 Å². The Morgan fingerprint density at radius 2 is 1.75 bits per heavy atom. The summed E-state index contributed by atoms with van der Waals surface area (Å²) in [6.45, 7) is 0.407. The average Bonchev–Trinajstić information content (AvgIpc) is 2.43. The topological polar surface area (TPSA) is 83.2 Å². The predicted octanol–water partition coefficient (Wildman–Crippen LogP) is 2.01. The number of pyridine rings is 1. The van der Waals surface area contributed by atoms with E-state index in [1.807, 2.05) is 0 Å². The minimum absolute atomic E-state index is 0.0712. The van der Waals surface area contributed by atoms with Gasteiger partial charge < -0.3 is 15.8 Å². The Labute approximate surface area is 114 Å². The predicted molar refractivity (Wildman–Crippen MR) is 72.3 cm³/mol. The Morgan fingerprint density at radius 3 is 2.40 bits per heavy atom. The lowest BCUT2D eigenvalue weighted by molar-refractivity contribution is 0.475. The highest BCUT2D eigenvalue weighted by atomic mass is 19.1. The second kappa shape index (κ2) is 6.16. The second-order valence-electron chi connectivity index (χ2n) is 4.14. The van der Waals surface area contributed by atoms with Gasteiger partial charge in [0.05, 0.1) is 0 Å². The lowest BCUT2D eigenvalue weighted by Crippen LogP contribution is -2.14. The molecule has 0 atom stereocenters. The van der Waals surface area contributed by atoms with Crippen molar-refractivity contribution in [3.8, 4) is 5.75 Å². The number of hydrogen-bond acceptors (Lipinski definition) is 5. The summed E-state index contributed by atoms with van der Waals surface area (Å²) in [5.74, 6) is 3.33. The van der Waals surface area contributed by atoms with Crippen LogP contribution in [-0.4, -0.2) is 16.6 Å². The van der Waals surface area contributed by atoms with Crippen LogP contribution >= 0.6 is 0 Å². The fraction of sp³-hybridized carbons (Fsp3) is 0.154. The van der Waals surface area contributed by atoms with Gasteiger partial charge in [0.2, 0.25) is 0 Å². The van der Waals surface area contributed by atoms with Gasteiger partial charge in [-0.25, -0.2) is 19.6 Å². The first-order valence-electron chi connectivity index (χ1n) is 5.94. The number of phenolic OH excluding ortho intramolecular Hbond substituents is 1. The molecule has 106 valence electrons. The van der Waals surface area contributed by atoms with Crippen molar-refractivity contribution in [3.63, 3.8) is 0 Å². The molecular formula is C13H14F2N4O. The molecule has 0 fully saturated rings. The first-order chi connectivity index (χ1) is 9.60. The van der Waals surface area contributed by atoms with Gasteiger partial charge in [-0.3, -0.25) is 0 Å². The Morgan fingerprint density at radius 1 is 1.10 bits per heavy atom. The van der Waals surface area contributed by atoms with Crippen LogP contribution in [0.4, 0.5) is 20.4 Å². The minimum atomic E-state index is -0.853. The molecule has 0 bridgehead atoms. The van der Waals surface area contributed by atoms with E-state index >= 15 is 0 Å². The summed E-state index contributed by atoms with van der Waals surface area (Å²) in [5, 5.41) is 11.9. The summed E-state index contributed by atoms with van der Waals surface area (Å²) < 4.78 is 26.6. The summed E-state index contributed by atoms with van der Waals surface area (Å²) in [7, 11) is 0. The monoisotopic (exact) mass is 280 g/mol. The Bertz CT molecular complexity index is 590. The maximum atomic E-state index is 13.5. The quantitative estimate of drug-likeness (QED) is 0.497. The van der Waals surface area contributed by atoms with E-state index < -0.39 is 11.6 Å². The van der Waals surface area contributed by atoms with E-state index in [4.69, 9.17) is 10.9 Å². The largest absolute Gasteiger partial charge is 0.508 e. The van der Waals surface area contributed by atoms with E-state index in [9.17, 15) is 8.78 Å². The minimum Gasteiger partial charge on any atom is -0.508 e. The number of anilines is 2. The van der Waals surface area contributed by atoms with Crippen LogP contribution in [0.5, 0.6) is 5.75 Å². The zero-order valence-electron chi connectivity index (χ0n) is 10.5. The molecule has 1 heterocycles. The number of benzene rings is 1. The summed E-state index contributed by atoms with van der Waals surface area (Å²) in [6, 6.07) is 7.38. The molecule has 20 heavy (non-hydrogen) atoms. The van der Waals surface area contributed by atoms with E-state index in [1.165, 1.54) is 0 Å². The lowest BCUT2D eigenvalue weighted by Gasteiger charge is -2.09. The van der Waals surface area contributed by atoms with Gasteiger partial charge in [0.25, 0.3) is 0 Å². The number of hydrazine groups is 1. The van der Waals surface area contributed by atoms with Crippen LogP contribution in [-0.2, 0) is 6.42 Å². The zero-order chi connectivity index (χ0) is 14.5. The number of aromatic hydroxyl groups is 1. The third-order valence-corrected chi connectivity index (χ3v) is 2.71. The summed E-state index contributed by atoms with van der Waals surface area (Å²) >= 11 is 0. The molecule has 0 amide bonds. The van der Waals surface area contributed by atoms with Gasteiger partial charge in [0.15, 0.2) is 23.3 Å². The fourth-order valence-corrected chi connectivity index (χ4v) is 1.68. The van der Waals surface area contributed by atoms with Gasteiger partial charge >= 0.3 is 0 Å². The molecule has 0 aliphatic rings. The first kappa shape index (κ1) is 14.0. The summed E-state index contributed by atoms with van der Waals surface area (Å²) in [4.78, 5) is 3.70. The molecule has 0 radical (unpaired) electrons. The number of hydrogen-bond donors (Lipinski definition) is 4. The van der Waals surface area contributed by atoms with Crippen molar-refractivity contribution in [1.82, 2.24) is 4.98 Å². The van der Waals surface area contributed by atoms with Gasteiger partial charge in [-0.2, -0.15) is 0 Å². The average molecular weight is 280 g/mol. The Kier molecular flexibility index (Phi) is 4.31. The van der Waals surface area contributed by atoms with Crippen molar-refractivity contribution in [2.24, 2.45) is 5.84 Å². The molecule has 0 saturated heterocycles. The molecule has 0 saturated carbocycles. The van der Waals surface area contributed by atoms with Crippen LogP contribution in [0.25, 0.3) is 0 Å². The smallest absolute Gasteiger partial charge is 0.178 e. The summed E-state index contributed by atoms with van der Waals surface area (Å²) in [5.41, 5.74) is 3.02. The van der Waals surface area contributed by atoms with Crippen molar-refractivity contribution >= 4 is 11.6 Å². The van der Waals surface area contributed by atoms with Crippen molar-refractivity contribution in [2.45, 2.75) is 6.42 Å². The SMILES string of the molecule is NNc1nc(NCCc2ccc(O)cc2)c(F)cc1F. The zero-order valence-corrected chi connectivity index (χ0v) is 10.5. The Balaban J connectivity index is 1.98. The molecule has 2 rings (SSSR count). The number of nitrogen functional groups attached to an aromatic ring is 1. The van der Waals surface area contributed by atoms with Crippen LogP contribution in [0.1, 0.15) is 5.56 Å². The van der Waals surface area contributed by atoms with Gasteiger partial charge in [-0.1, -0.05) is 12.1 Å². The molecular weight excluding hydrogens is 266 g/mol. The number of halogens is 2. The second-order valence-corrected chi connectivity index (χ2v) is 4.14. The number of nitrogens with one attached hydrogen (secondary N) is 2. The lowest BCUT2D eigenvalue weighted by atomic mass is 10.1. The first-order valence-corrected chi connectivity index (χ1v) is 5.94. The van der Waals surface area contributed by atoms with Crippen molar-refractivity contribution in [3.05, 3.63) is 47.5 Å². The third kappa shape index (κ3) is 3.33. The molecule has 0 aliphatic heterocycles. The van der Waals surface area contributed by atoms with Crippen molar-refractivity contribution in [1.29, 1.82) is 0 Å². The van der Waals surface area contributed by atoms with Gasteiger partial charge in [0.1, 0.15) is 5.75 Å². The van der Waals surface area contributed by atoms with Gasteiger partial charge in [0, 0.05) is 12.6 Å². The van der Waals surface area contributed by atoms with E-state index in [1.54, 1.807) is 24.3 Å². The van der Waals surface area contributed by atoms with Crippen LogP contribution in [0.3, 0.4) is 0 Å². The number of nitrogens with two attached hydrogens (primary N) is 1. The maximum Gasteiger partial charge on any atom is 0.178 e. The van der Waals surface area contributed by atoms with Crippen LogP contribution < -0.4 is 16.6 Å². The number of rotatable bonds is 5. The van der Waals surface area contributed by atoms with E-state index in [2.05, 4.69) is 15.7 Å². The highest BCUT2D eigenvalue weighted by Gasteiger charge is 2.10. The third-order valence-electron chi connectivity index (χ3n) is 2.71. The highest BCUT2D eigenvalue weighted by Crippen LogP contribution is 2.18. The van der Waals surface area contributed by atoms with Gasteiger partial charge in [-0.15, -0.1) is 0 Å². The number of nitrogens with zero attached hydrogens (tertiary/aromatic N) is 1. The maximum absolute atomic E-state index is 13.5. The molecule has 0 spiro atoms. The highest BCUT2D eigenvalue weighted by molar-refractivity contribution is 5.47. The number of phenols is 1. The van der Waals surface area contributed by atoms with E-state index in [-0.39, 0.29) is 17.4 Å². The fourth-order valence-electron chi connectivity index (χ4n) is 1.68. The summed E-state index contributed by atoms with van der Waals surface area (Å²) in [6.07, 6.45) is 0.601. The molecule has 0 aliphatic carbocycles. The number of aromatic nitrogens is 1. The molecule has 5 N–H and O–H groups in total. The van der Waals surface area contributed by atoms with Crippen LogP contribution in [0.15, 0.2) is 30.3 Å². The van der Waals surface area contributed by atoms with E-state index in [0.29, 0.717) is 19.0 Å². The Hall–Kier alpha value is -2.41. The molecule has 0 unspecified atom stereocenters. The van der Waals surface area contributed by atoms with Crippen LogP contribution in [0, 0.1) is 11.6 Å². The molecule has 1 aromatic heterocycles. The van der Waals surface area contributed by atoms with Crippen LogP contribution in [0.2, 0.25) is 0 Å².